The minimum atomic E-state index is -0.504. The average Bonchev–Trinajstić information content (AvgIpc) is 3.54. The molecule has 0 bridgehead atoms. The largest absolute Gasteiger partial charge is 0.465 e. The van der Waals surface area contributed by atoms with Crippen LogP contribution in [0.25, 0.3) is 6.08 Å². The smallest absolute Gasteiger partial charge is 0.341 e. The second kappa shape index (κ2) is 17.9. The number of benzene rings is 4. The van der Waals surface area contributed by atoms with Gasteiger partial charge in [-0.25, -0.2) is 4.79 Å². The fraction of sp³-hybridized carbons (Fsp3) is 0.190. The summed E-state index contributed by atoms with van der Waals surface area (Å²) in [6, 6.07) is 33.7. The summed E-state index contributed by atoms with van der Waals surface area (Å²) >= 11 is 2.71. The molecule has 10 nitrogen and oxygen atoms in total. The van der Waals surface area contributed by atoms with Crippen LogP contribution in [0.15, 0.2) is 120 Å². The van der Waals surface area contributed by atoms with Crippen molar-refractivity contribution < 1.29 is 23.9 Å². The fourth-order valence-electron chi connectivity index (χ4n) is 5.99. The number of amides is 3. The van der Waals surface area contributed by atoms with E-state index in [2.05, 4.69) is 33.0 Å². The maximum absolute atomic E-state index is 13.6. The molecule has 0 radical (unpaired) electrons. The third kappa shape index (κ3) is 9.84. The molecular weight excluding hydrogens is 719 g/mol. The minimum absolute atomic E-state index is 0.0714. The fourth-order valence-corrected chi connectivity index (χ4v) is 8.04. The summed E-state index contributed by atoms with van der Waals surface area (Å²) in [6.45, 7) is 2.27. The Balaban J connectivity index is 1.11. The van der Waals surface area contributed by atoms with E-state index in [-0.39, 0.29) is 17.4 Å². The first kappa shape index (κ1) is 38.0. The number of methoxy groups -OCH3 is 1. The molecule has 0 aliphatic carbocycles. The lowest BCUT2D eigenvalue weighted by atomic mass is 10.0. The Morgan fingerprint density at radius 3 is 2.31 bits per heavy atom. The first-order valence-electron chi connectivity index (χ1n) is 17.4. The van der Waals surface area contributed by atoms with E-state index in [1.807, 2.05) is 73.6 Å². The Kier molecular flexibility index (Phi) is 12.6. The highest BCUT2D eigenvalue weighted by atomic mass is 32.2. The van der Waals surface area contributed by atoms with Gasteiger partial charge in [0.2, 0.25) is 5.91 Å². The number of carbonyl (C=O) groups is 4. The van der Waals surface area contributed by atoms with Crippen molar-refractivity contribution in [2.75, 3.05) is 49.0 Å². The lowest BCUT2D eigenvalue weighted by Gasteiger charge is -2.27. The summed E-state index contributed by atoms with van der Waals surface area (Å²) in [7, 11) is 5.24. The van der Waals surface area contributed by atoms with Gasteiger partial charge in [0.15, 0.2) is 0 Å². The molecule has 54 heavy (non-hydrogen) atoms. The Bertz CT molecular complexity index is 2150. The standard InChI is InChI=1S/C42H41N5O5S2/c1-46(2)32-19-17-28(18-20-32)23-35(44-39(49)30-13-8-5-9-14-30)40(50)43-31-15-10-16-33(24-31)53-27-37(48)45-41-38(42(51)52-3)34-21-22-47(26-36(34)54-41)25-29-11-6-4-7-12-29/h4-20,23-24H,21-22,25-27H2,1-3H3,(H,43,50)(H,44,49)(H,45,48)/b35-23+. The Labute approximate surface area is 323 Å². The number of hydrogen-bond donors (Lipinski definition) is 3. The molecular formula is C42H41N5O5S2. The van der Waals surface area contributed by atoms with Crippen LogP contribution in [0.2, 0.25) is 0 Å². The summed E-state index contributed by atoms with van der Waals surface area (Å²) < 4.78 is 5.12. The second-order valence-electron chi connectivity index (χ2n) is 12.8. The molecule has 5 aromatic rings. The van der Waals surface area contributed by atoms with E-state index >= 15 is 0 Å². The van der Waals surface area contributed by atoms with Crippen molar-refractivity contribution in [1.29, 1.82) is 0 Å². The van der Waals surface area contributed by atoms with Gasteiger partial charge in [0.1, 0.15) is 10.7 Å². The quantitative estimate of drug-likeness (QED) is 0.0651. The molecule has 1 aromatic heterocycles. The summed E-state index contributed by atoms with van der Waals surface area (Å²) in [5.74, 6) is -1.58. The Morgan fingerprint density at radius 1 is 0.889 bits per heavy atom. The van der Waals surface area contributed by atoms with E-state index < -0.39 is 17.8 Å². The van der Waals surface area contributed by atoms with Crippen LogP contribution in [0.4, 0.5) is 16.4 Å². The highest BCUT2D eigenvalue weighted by molar-refractivity contribution is 8.00. The van der Waals surface area contributed by atoms with Crippen LogP contribution in [-0.4, -0.2) is 62.1 Å². The van der Waals surface area contributed by atoms with Gasteiger partial charge < -0.3 is 25.6 Å². The molecule has 2 heterocycles. The zero-order chi connectivity index (χ0) is 38.0. The monoisotopic (exact) mass is 759 g/mol. The van der Waals surface area contributed by atoms with Crippen molar-refractivity contribution in [3.05, 3.63) is 148 Å². The Morgan fingerprint density at radius 2 is 1.61 bits per heavy atom. The summed E-state index contributed by atoms with van der Waals surface area (Å²) in [6.07, 6.45) is 2.31. The van der Waals surface area contributed by atoms with Crippen molar-refractivity contribution in [1.82, 2.24) is 10.2 Å². The molecule has 1 aliphatic rings. The van der Waals surface area contributed by atoms with Crippen LogP contribution >= 0.6 is 23.1 Å². The zero-order valence-electron chi connectivity index (χ0n) is 30.3. The molecule has 276 valence electrons. The SMILES string of the molecule is COC(=O)c1c(NC(=O)CSc2cccc(NC(=O)/C(=C\c3ccc(N(C)C)cc3)NC(=O)c3ccccc3)c2)sc2c1CCN(Cc1ccccc1)C2. The molecule has 6 rings (SSSR count). The minimum Gasteiger partial charge on any atom is -0.465 e. The lowest BCUT2D eigenvalue weighted by molar-refractivity contribution is -0.114. The molecule has 1 aliphatic heterocycles. The number of nitrogens with zero attached hydrogens (tertiary/aromatic N) is 2. The van der Waals surface area contributed by atoms with Gasteiger partial charge in [0, 0.05) is 60.4 Å². The van der Waals surface area contributed by atoms with Crippen LogP contribution in [0.5, 0.6) is 0 Å². The summed E-state index contributed by atoms with van der Waals surface area (Å²) in [5.41, 5.74) is 5.30. The highest BCUT2D eigenvalue weighted by Crippen LogP contribution is 2.38. The zero-order valence-corrected chi connectivity index (χ0v) is 31.9. The van der Waals surface area contributed by atoms with Gasteiger partial charge in [-0.05, 0) is 71.7 Å². The first-order chi connectivity index (χ1) is 26.2. The van der Waals surface area contributed by atoms with Crippen molar-refractivity contribution in [3.8, 4) is 0 Å². The molecule has 3 amide bonds. The van der Waals surface area contributed by atoms with Crippen molar-refractivity contribution >= 4 is 69.2 Å². The molecule has 0 saturated heterocycles. The van der Waals surface area contributed by atoms with Crippen LogP contribution in [0, 0.1) is 0 Å². The van der Waals surface area contributed by atoms with Gasteiger partial charge in [-0.3, -0.25) is 19.3 Å². The topological polar surface area (TPSA) is 120 Å². The number of rotatable bonds is 13. The highest BCUT2D eigenvalue weighted by Gasteiger charge is 2.29. The van der Waals surface area contributed by atoms with Crippen LogP contribution in [0.1, 0.15) is 42.3 Å². The van der Waals surface area contributed by atoms with E-state index in [0.717, 1.165) is 39.7 Å². The van der Waals surface area contributed by atoms with E-state index in [1.165, 1.54) is 35.8 Å². The van der Waals surface area contributed by atoms with Gasteiger partial charge in [0.05, 0.1) is 18.4 Å². The van der Waals surface area contributed by atoms with Crippen LogP contribution in [-0.2, 0) is 33.8 Å². The van der Waals surface area contributed by atoms with Gasteiger partial charge in [-0.15, -0.1) is 23.1 Å². The van der Waals surface area contributed by atoms with E-state index in [4.69, 9.17) is 4.74 Å². The van der Waals surface area contributed by atoms with Crippen molar-refractivity contribution in [2.24, 2.45) is 0 Å². The summed E-state index contributed by atoms with van der Waals surface area (Å²) in [4.78, 5) is 59.0. The number of hydrogen-bond acceptors (Lipinski definition) is 9. The first-order valence-corrected chi connectivity index (χ1v) is 19.2. The molecule has 0 atom stereocenters. The van der Waals surface area contributed by atoms with Crippen LogP contribution in [0.3, 0.4) is 0 Å². The van der Waals surface area contributed by atoms with E-state index in [0.29, 0.717) is 34.8 Å². The Hall–Kier alpha value is -5.69. The number of ether oxygens (including phenoxy) is 1. The maximum atomic E-state index is 13.6. The molecule has 0 fully saturated rings. The molecule has 3 N–H and O–H groups in total. The number of carbonyl (C=O) groups excluding carboxylic acids is 4. The number of anilines is 3. The van der Waals surface area contributed by atoms with E-state index in [9.17, 15) is 19.2 Å². The third-order valence-electron chi connectivity index (χ3n) is 8.74. The number of nitrogens with one attached hydrogen (secondary N) is 3. The number of esters is 1. The van der Waals surface area contributed by atoms with Crippen LogP contribution < -0.4 is 20.9 Å². The normalized spacial score (nSPS) is 12.7. The molecule has 12 heteroatoms. The van der Waals surface area contributed by atoms with Crippen molar-refractivity contribution in [3.63, 3.8) is 0 Å². The maximum Gasteiger partial charge on any atom is 0.341 e. The number of thiophene rings is 1. The molecule has 0 spiro atoms. The van der Waals surface area contributed by atoms with Gasteiger partial charge in [-0.2, -0.15) is 0 Å². The van der Waals surface area contributed by atoms with E-state index in [1.54, 1.807) is 48.5 Å². The molecule has 0 unspecified atom stereocenters. The van der Waals surface area contributed by atoms with Gasteiger partial charge in [-0.1, -0.05) is 66.7 Å². The molecule has 0 saturated carbocycles. The lowest BCUT2D eigenvalue weighted by Crippen LogP contribution is -2.30. The predicted molar refractivity (Wildman–Crippen MR) is 217 cm³/mol. The number of thioether (sulfide) groups is 1. The summed E-state index contributed by atoms with van der Waals surface area (Å²) in [5, 5.41) is 9.12. The average molecular weight is 760 g/mol. The van der Waals surface area contributed by atoms with Crippen molar-refractivity contribution in [2.45, 2.75) is 24.4 Å². The third-order valence-corrected chi connectivity index (χ3v) is 10.9. The molecule has 4 aromatic carbocycles. The predicted octanol–water partition coefficient (Wildman–Crippen LogP) is 7.30. The van der Waals surface area contributed by atoms with Gasteiger partial charge >= 0.3 is 5.97 Å². The second-order valence-corrected chi connectivity index (χ2v) is 15.0. The van der Waals surface area contributed by atoms with Gasteiger partial charge in [0.25, 0.3) is 11.8 Å². The number of fused-ring (bicyclic) bond motifs is 1.